The van der Waals surface area contributed by atoms with Gasteiger partial charge in [0.15, 0.2) is 5.96 Å². The van der Waals surface area contributed by atoms with E-state index in [0.29, 0.717) is 6.54 Å². The van der Waals surface area contributed by atoms with Gasteiger partial charge in [-0.1, -0.05) is 11.6 Å². The fourth-order valence-corrected chi connectivity index (χ4v) is 4.72. The van der Waals surface area contributed by atoms with Crippen molar-refractivity contribution < 1.29 is 4.79 Å². The Kier molecular flexibility index (Phi) is 9.48. The van der Waals surface area contributed by atoms with E-state index in [2.05, 4.69) is 31.3 Å². The van der Waals surface area contributed by atoms with Crippen LogP contribution in [0.4, 0.5) is 0 Å². The molecule has 32 heavy (non-hydrogen) atoms. The van der Waals surface area contributed by atoms with Crippen LogP contribution in [0.2, 0.25) is 5.02 Å². The molecule has 0 spiro atoms. The topological polar surface area (TPSA) is 67.0 Å². The van der Waals surface area contributed by atoms with E-state index < -0.39 is 0 Å². The zero-order valence-electron chi connectivity index (χ0n) is 18.8. The Morgan fingerprint density at radius 1 is 1.09 bits per heavy atom. The molecule has 2 N–H and O–H groups in total. The smallest absolute Gasteiger partial charge is 0.236 e. The van der Waals surface area contributed by atoms with Crippen LogP contribution >= 0.6 is 35.6 Å². The quantitative estimate of drug-likeness (QED) is 0.328. The van der Waals surface area contributed by atoms with Crippen LogP contribution in [0.1, 0.15) is 24.8 Å². The minimum atomic E-state index is 0. The number of nitrogens with one attached hydrogen (secondary N) is 2. The average molecular weight is 573 g/mol. The summed E-state index contributed by atoms with van der Waals surface area (Å²) >= 11 is 6.16. The molecule has 1 amide bonds. The average Bonchev–Trinajstić information content (AvgIpc) is 3.20. The summed E-state index contributed by atoms with van der Waals surface area (Å²) in [5, 5.41) is 5.43. The number of hydrogen-bond donors (Lipinski definition) is 2. The van der Waals surface area contributed by atoms with Gasteiger partial charge < -0.3 is 20.1 Å². The number of carbonyl (C=O) groups excluding carboxylic acids is 1. The summed E-state index contributed by atoms with van der Waals surface area (Å²) in [6, 6.07) is 5.94. The highest BCUT2D eigenvalue weighted by molar-refractivity contribution is 14.0. The van der Waals surface area contributed by atoms with Gasteiger partial charge in [0.2, 0.25) is 5.91 Å². The number of rotatable bonds is 5. The van der Waals surface area contributed by atoms with Crippen molar-refractivity contribution in [2.24, 2.45) is 4.99 Å². The van der Waals surface area contributed by atoms with Crippen LogP contribution in [0, 0.1) is 0 Å². The van der Waals surface area contributed by atoms with Gasteiger partial charge in [-0.3, -0.25) is 14.7 Å². The molecule has 2 aliphatic heterocycles. The summed E-state index contributed by atoms with van der Waals surface area (Å²) in [6.45, 7) is 6.76. The minimum absolute atomic E-state index is 0. The van der Waals surface area contributed by atoms with E-state index in [-0.39, 0.29) is 29.9 Å². The first-order chi connectivity index (χ1) is 15.1. The van der Waals surface area contributed by atoms with Gasteiger partial charge in [-0.2, -0.15) is 0 Å². The van der Waals surface area contributed by atoms with Crippen molar-refractivity contribution in [2.45, 2.75) is 25.7 Å². The number of nitrogens with zero attached hydrogens (tertiary/aromatic N) is 4. The zero-order valence-corrected chi connectivity index (χ0v) is 21.9. The minimum Gasteiger partial charge on any atom is -0.361 e. The normalized spacial score (nSPS) is 18.0. The second kappa shape index (κ2) is 12.1. The summed E-state index contributed by atoms with van der Waals surface area (Å²) in [6.07, 6.45) is 6.50. The molecule has 9 heteroatoms. The first-order valence-corrected chi connectivity index (χ1v) is 11.7. The van der Waals surface area contributed by atoms with E-state index >= 15 is 0 Å². The number of halogens is 2. The molecular weight excluding hydrogens is 539 g/mol. The molecule has 7 nitrogen and oxygen atoms in total. The Labute approximate surface area is 212 Å². The number of aliphatic imine (C=N–C) groups is 1. The first kappa shape index (κ1) is 25.1. The maximum atomic E-state index is 12.5. The summed E-state index contributed by atoms with van der Waals surface area (Å²) < 4.78 is 0. The van der Waals surface area contributed by atoms with E-state index in [1.54, 1.807) is 0 Å². The molecule has 0 unspecified atom stereocenters. The van der Waals surface area contributed by atoms with Crippen LogP contribution in [0.5, 0.6) is 0 Å². The Balaban J connectivity index is 0.00000289. The summed E-state index contributed by atoms with van der Waals surface area (Å²) in [4.78, 5) is 26.9. The van der Waals surface area contributed by atoms with Crippen LogP contribution in [-0.4, -0.2) is 91.0 Å². The van der Waals surface area contributed by atoms with Crippen molar-refractivity contribution >= 4 is 58.3 Å². The first-order valence-electron chi connectivity index (χ1n) is 11.4. The van der Waals surface area contributed by atoms with E-state index in [1.807, 2.05) is 30.1 Å². The highest BCUT2D eigenvalue weighted by atomic mass is 127. The maximum Gasteiger partial charge on any atom is 0.236 e. The number of carbonyl (C=O) groups is 1. The summed E-state index contributed by atoms with van der Waals surface area (Å²) in [7, 11) is 1.83. The highest BCUT2D eigenvalue weighted by Crippen LogP contribution is 2.22. The van der Waals surface area contributed by atoms with Crippen molar-refractivity contribution in [3.63, 3.8) is 0 Å². The fraction of sp³-hybridized carbons (Fsp3) is 0.565. The Morgan fingerprint density at radius 3 is 2.56 bits per heavy atom. The number of H-pyrrole nitrogens is 1. The molecule has 1 aromatic heterocycles. The lowest BCUT2D eigenvalue weighted by atomic mass is 10.1. The molecule has 0 aliphatic carbocycles. The summed E-state index contributed by atoms with van der Waals surface area (Å²) in [5.74, 6) is 1.22. The molecule has 176 valence electrons. The molecule has 2 fully saturated rings. The van der Waals surface area contributed by atoms with Gasteiger partial charge in [0, 0.05) is 75.0 Å². The zero-order chi connectivity index (χ0) is 21.6. The molecular formula is C23H34ClIN6O. The Bertz CT molecular complexity index is 918. The van der Waals surface area contributed by atoms with Crippen molar-refractivity contribution in [3.05, 3.63) is 35.0 Å². The van der Waals surface area contributed by atoms with Gasteiger partial charge >= 0.3 is 0 Å². The Morgan fingerprint density at radius 2 is 1.84 bits per heavy atom. The van der Waals surface area contributed by atoms with Gasteiger partial charge in [-0.25, -0.2) is 0 Å². The monoisotopic (exact) mass is 572 g/mol. The van der Waals surface area contributed by atoms with Crippen LogP contribution in [0.25, 0.3) is 10.9 Å². The van der Waals surface area contributed by atoms with Crippen LogP contribution in [0.15, 0.2) is 29.4 Å². The van der Waals surface area contributed by atoms with Gasteiger partial charge in [0.25, 0.3) is 0 Å². The van der Waals surface area contributed by atoms with Crippen LogP contribution < -0.4 is 5.32 Å². The predicted octanol–water partition coefficient (Wildman–Crippen LogP) is 3.19. The molecule has 2 saturated heterocycles. The van der Waals surface area contributed by atoms with Gasteiger partial charge in [0.1, 0.15) is 0 Å². The largest absolute Gasteiger partial charge is 0.361 e. The van der Waals surface area contributed by atoms with Gasteiger partial charge in [0.05, 0.1) is 6.54 Å². The van der Waals surface area contributed by atoms with E-state index in [9.17, 15) is 4.79 Å². The summed E-state index contributed by atoms with van der Waals surface area (Å²) in [5.41, 5.74) is 2.36. The maximum absolute atomic E-state index is 12.5. The second-order valence-corrected chi connectivity index (χ2v) is 8.87. The lowest BCUT2D eigenvalue weighted by molar-refractivity contribution is -0.133. The van der Waals surface area contributed by atoms with Crippen molar-refractivity contribution in [3.8, 4) is 0 Å². The molecule has 0 saturated carbocycles. The van der Waals surface area contributed by atoms with Gasteiger partial charge in [-0.05, 0) is 49.4 Å². The number of aromatic nitrogens is 1. The van der Waals surface area contributed by atoms with Crippen molar-refractivity contribution in [1.29, 1.82) is 0 Å². The number of hydrogen-bond acceptors (Lipinski definition) is 3. The van der Waals surface area contributed by atoms with E-state index in [0.717, 1.165) is 81.6 Å². The van der Waals surface area contributed by atoms with Crippen molar-refractivity contribution in [2.75, 3.05) is 59.4 Å². The molecule has 0 atom stereocenters. The third-order valence-corrected chi connectivity index (χ3v) is 6.59. The van der Waals surface area contributed by atoms with Crippen molar-refractivity contribution in [1.82, 2.24) is 25.0 Å². The Hall–Kier alpha value is -1.52. The number of aromatic amines is 1. The number of piperidine rings is 1. The molecule has 2 aliphatic rings. The molecule has 0 radical (unpaired) electrons. The number of piperazine rings is 1. The third-order valence-electron chi connectivity index (χ3n) is 6.36. The van der Waals surface area contributed by atoms with E-state index in [1.165, 1.54) is 17.4 Å². The number of likely N-dealkylation sites (tertiary alicyclic amines) is 1. The lowest BCUT2D eigenvalue weighted by Crippen LogP contribution is -2.54. The number of guanidine groups is 1. The van der Waals surface area contributed by atoms with Gasteiger partial charge in [-0.15, -0.1) is 24.0 Å². The number of benzene rings is 1. The predicted molar refractivity (Wildman–Crippen MR) is 142 cm³/mol. The molecule has 1 aromatic carbocycles. The third kappa shape index (κ3) is 6.29. The van der Waals surface area contributed by atoms with Crippen LogP contribution in [-0.2, 0) is 11.2 Å². The fourth-order valence-electron chi connectivity index (χ4n) is 4.55. The van der Waals surface area contributed by atoms with Crippen LogP contribution in [0.3, 0.4) is 0 Å². The molecule has 0 bridgehead atoms. The lowest BCUT2D eigenvalue weighted by Gasteiger charge is -2.37. The second-order valence-electron chi connectivity index (χ2n) is 8.43. The standard InChI is InChI=1S/C23H33ClN6O.HI/c1-25-23(26-8-7-18-16-27-21-6-5-19(24)15-20(18)21)30-13-11-28(12-14-30)17-22(31)29-9-3-2-4-10-29;/h5-6,15-16,27H,2-4,7-14,17H2,1H3,(H,25,26);1H. The van der Waals surface area contributed by atoms with E-state index in [4.69, 9.17) is 11.6 Å². The molecule has 2 aromatic rings. The highest BCUT2D eigenvalue weighted by Gasteiger charge is 2.24. The number of amides is 1. The molecule has 3 heterocycles. The molecule has 4 rings (SSSR count). The number of fused-ring (bicyclic) bond motifs is 1. The SMILES string of the molecule is CN=C(NCCc1c[nH]c2ccc(Cl)cc12)N1CCN(CC(=O)N2CCCCC2)CC1.I.